The highest BCUT2D eigenvalue weighted by atomic mass is 32.2. The van der Waals surface area contributed by atoms with Crippen LogP contribution in [0.5, 0.6) is 0 Å². The van der Waals surface area contributed by atoms with Gasteiger partial charge in [0, 0.05) is 15.3 Å². The van der Waals surface area contributed by atoms with Crippen molar-refractivity contribution >= 4 is 29.4 Å². The molecule has 23 heavy (non-hydrogen) atoms. The molecule has 128 valence electrons. The maximum absolute atomic E-state index is 11.8. The monoisotopic (exact) mass is 340 g/mol. The van der Waals surface area contributed by atoms with E-state index >= 15 is 0 Å². The molecule has 7 heteroatoms. The van der Waals surface area contributed by atoms with Crippen molar-refractivity contribution in [1.82, 2.24) is 5.32 Å². The molecule has 0 aliphatic heterocycles. The number of anilines is 1. The Morgan fingerprint density at radius 3 is 2.30 bits per heavy atom. The molecule has 1 aromatic carbocycles. The van der Waals surface area contributed by atoms with E-state index < -0.39 is 17.6 Å². The second-order valence-corrected chi connectivity index (χ2v) is 8.48. The third kappa shape index (κ3) is 6.50. The van der Waals surface area contributed by atoms with Gasteiger partial charge in [-0.2, -0.15) is 0 Å². The summed E-state index contributed by atoms with van der Waals surface area (Å²) in [6.45, 7) is 9.00. The second kappa shape index (κ2) is 7.23. The predicted molar refractivity (Wildman–Crippen MR) is 92.1 cm³/mol. The first-order valence-electron chi connectivity index (χ1n) is 7.21. The number of hydrogen-bond donors (Lipinski definition) is 4. The lowest BCUT2D eigenvalue weighted by Crippen LogP contribution is -2.47. The molecule has 1 aromatic rings. The van der Waals surface area contributed by atoms with Gasteiger partial charge in [0.25, 0.3) is 0 Å². The fourth-order valence-corrected chi connectivity index (χ4v) is 2.77. The number of thioether (sulfide) groups is 1. The van der Waals surface area contributed by atoms with E-state index in [0.29, 0.717) is 5.69 Å². The van der Waals surface area contributed by atoms with Crippen molar-refractivity contribution in [2.45, 2.75) is 49.9 Å². The van der Waals surface area contributed by atoms with E-state index in [1.54, 1.807) is 17.8 Å². The molecule has 0 fully saturated rings. The summed E-state index contributed by atoms with van der Waals surface area (Å²) in [5, 5.41) is 23.3. The Morgan fingerprint density at radius 2 is 1.83 bits per heavy atom. The van der Waals surface area contributed by atoms with Crippen LogP contribution in [-0.4, -0.2) is 39.1 Å². The number of carbonyl (C=O) groups excluding carboxylic acids is 1. The van der Waals surface area contributed by atoms with Crippen molar-refractivity contribution in [3.63, 3.8) is 0 Å². The van der Waals surface area contributed by atoms with Crippen LogP contribution in [0.25, 0.3) is 0 Å². The Hall–Kier alpha value is -1.73. The summed E-state index contributed by atoms with van der Waals surface area (Å²) >= 11 is 1.73. The number of aliphatic hydroxyl groups is 1. The molecule has 2 amide bonds. The Labute approximate surface area is 140 Å². The zero-order valence-electron chi connectivity index (χ0n) is 14.1. The Balaban J connectivity index is 2.67. The quantitative estimate of drug-likeness (QED) is 0.618. The molecule has 4 N–H and O–H groups in total. The van der Waals surface area contributed by atoms with Crippen LogP contribution in [0.15, 0.2) is 23.1 Å². The minimum atomic E-state index is -2.00. The smallest absolute Gasteiger partial charge is 0.337 e. The van der Waals surface area contributed by atoms with E-state index in [9.17, 15) is 14.7 Å². The van der Waals surface area contributed by atoms with Crippen molar-refractivity contribution in [2.24, 2.45) is 0 Å². The zero-order chi connectivity index (χ0) is 17.8. The molecule has 0 saturated heterocycles. The van der Waals surface area contributed by atoms with Crippen LogP contribution >= 0.6 is 11.8 Å². The first-order chi connectivity index (χ1) is 10.4. The van der Waals surface area contributed by atoms with Gasteiger partial charge in [-0.3, -0.25) is 0 Å². The largest absolute Gasteiger partial charge is 0.479 e. The van der Waals surface area contributed by atoms with E-state index in [4.69, 9.17) is 5.11 Å². The van der Waals surface area contributed by atoms with Gasteiger partial charge < -0.3 is 20.8 Å². The predicted octanol–water partition coefficient (Wildman–Crippen LogP) is 2.84. The number of aliphatic carboxylic acids is 1. The highest BCUT2D eigenvalue weighted by molar-refractivity contribution is 8.00. The first kappa shape index (κ1) is 19.3. The average Bonchev–Trinajstić information content (AvgIpc) is 2.38. The summed E-state index contributed by atoms with van der Waals surface area (Å²) in [5.41, 5.74) is -0.463. The van der Waals surface area contributed by atoms with Crippen LogP contribution in [0, 0.1) is 6.92 Å². The number of rotatable bonds is 5. The number of aryl methyl sites for hydroxylation is 1. The molecule has 0 aromatic heterocycles. The standard InChI is InChI=1S/C16H24N2O4S/c1-10-8-11(23-15(2,3)4)6-7-12(10)18-14(21)17-9-16(5,22)13(19)20/h6-8,22H,9H2,1-5H3,(H,19,20)(H2,17,18,21). The third-order valence-corrected chi connectivity index (χ3v) is 4.03. The molecule has 0 bridgehead atoms. The van der Waals surface area contributed by atoms with Crippen LogP contribution in [-0.2, 0) is 4.79 Å². The molecule has 1 atom stereocenters. The van der Waals surface area contributed by atoms with Gasteiger partial charge in [-0.15, -0.1) is 11.8 Å². The van der Waals surface area contributed by atoms with Gasteiger partial charge in [0.2, 0.25) is 0 Å². The summed E-state index contributed by atoms with van der Waals surface area (Å²) in [4.78, 5) is 23.7. The number of carbonyl (C=O) groups is 2. The Morgan fingerprint density at radius 1 is 1.22 bits per heavy atom. The molecule has 0 aliphatic rings. The van der Waals surface area contributed by atoms with E-state index in [0.717, 1.165) is 17.4 Å². The Bertz CT molecular complexity index is 594. The van der Waals surface area contributed by atoms with E-state index in [2.05, 4.69) is 31.4 Å². The molecule has 1 unspecified atom stereocenters. The summed E-state index contributed by atoms with van der Waals surface area (Å²) in [5.74, 6) is -1.39. The number of hydrogen-bond acceptors (Lipinski definition) is 4. The van der Waals surface area contributed by atoms with Gasteiger partial charge in [0.05, 0.1) is 6.54 Å². The van der Waals surface area contributed by atoms with E-state index in [-0.39, 0.29) is 11.3 Å². The first-order valence-corrected chi connectivity index (χ1v) is 8.03. The summed E-state index contributed by atoms with van der Waals surface area (Å²) in [6, 6.07) is 5.15. The van der Waals surface area contributed by atoms with Crippen LogP contribution in [0.1, 0.15) is 33.3 Å². The normalized spacial score (nSPS) is 14.0. The third-order valence-electron chi connectivity index (χ3n) is 2.92. The van der Waals surface area contributed by atoms with Crippen molar-refractivity contribution in [1.29, 1.82) is 0 Å². The molecule has 0 saturated carbocycles. The fraction of sp³-hybridized carbons (Fsp3) is 0.500. The number of urea groups is 1. The molecule has 6 nitrogen and oxygen atoms in total. The maximum atomic E-state index is 11.8. The van der Waals surface area contributed by atoms with E-state index in [1.165, 1.54) is 0 Å². The molecule has 0 spiro atoms. The topological polar surface area (TPSA) is 98.7 Å². The van der Waals surface area contributed by atoms with Crippen molar-refractivity contribution in [3.05, 3.63) is 23.8 Å². The SMILES string of the molecule is Cc1cc(SC(C)(C)C)ccc1NC(=O)NCC(C)(O)C(=O)O. The summed E-state index contributed by atoms with van der Waals surface area (Å²) in [7, 11) is 0. The zero-order valence-corrected chi connectivity index (χ0v) is 14.9. The number of carboxylic acid groups (broad SMARTS) is 1. The molecule has 1 rings (SSSR count). The van der Waals surface area contributed by atoms with Crippen LogP contribution < -0.4 is 10.6 Å². The summed E-state index contributed by atoms with van der Waals surface area (Å²) in [6.07, 6.45) is 0. The summed E-state index contributed by atoms with van der Waals surface area (Å²) < 4.78 is 0.0984. The van der Waals surface area contributed by atoms with Crippen LogP contribution in [0.4, 0.5) is 10.5 Å². The second-order valence-electron chi connectivity index (χ2n) is 6.58. The lowest BCUT2D eigenvalue weighted by Gasteiger charge is -2.20. The lowest BCUT2D eigenvalue weighted by atomic mass is 10.1. The molecule has 0 aliphatic carbocycles. The van der Waals surface area contributed by atoms with Gasteiger partial charge in [-0.25, -0.2) is 9.59 Å². The van der Waals surface area contributed by atoms with Crippen LogP contribution in [0.3, 0.4) is 0 Å². The number of amides is 2. The van der Waals surface area contributed by atoms with Crippen LogP contribution in [0.2, 0.25) is 0 Å². The number of nitrogens with one attached hydrogen (secondary N) is 2. The van der Waals surface area contributed by atoms with Gasteiger partial charge in [0.1, 0.15) is 0 Å². The van der Waals surface area contributed by atoms with Crippen molar-refractivity contribution in [2.75, 3.05) is 11.9 Å². The fourth-order valence-electron chi connectivity index (χ4n) is 1.69. The maximum Gasteiger partial charge on any atom is 0.337 e. The van der Waals surface area contributed by atoms with Crippen molar-refractivity contribution in [3.8, 4) is 0 Å². The molecule has 0 heterocycles. The number of carboxylic acids is 1. The average molecular weight is 340 g/mol. The van der Waals surface area contributed by atoms with Gasteiger partial charge in [0.15, 0.2) is 5.60 Å². The number of benzene rings is 1. The minimum absolute atomic E-state index is 0.0984. The van der Waals surface area contributed by atoms with Gasteiger partial charge >= 0.3 is 12.0 Å². The molecule has 0 radical (unpaired) electrons. The highest BCUT2D eigenvalue weighted by Crippen LogP contribution is 2.33. The minimum Gasteiger partial charge on any atom is -0.479 e. The Kier molecular flexibility index (Phi) is 6.07. The highest BCUT2D eigenvalue weighted by Gasteiger charge is 2.30. The molecular weight excluding hydrogens is 316 g/mol. The van der Waals surface area contributed by atoms with Crippen molar-refractivity contribution < 1.29 is 19.8 Å². The lowest BCUT2D eigenvalue weighted by molar-refractivity contribution is -0.155. The van der Waals surface area contributed by atoms with Gasteiger partial charge in [-0.05, 0) is 37.6 Å². The van der Waals surface area contributed by atoms with Gasteiger partial charge in [-0.1, -0.05) is 20.8 Å². The molecular formula is C16H24N2O4S. The van der Waals surface area contributed by atoms with E-state index in [1.807, 2.05) is 19.1 Å².